The lowest BCUT2D eigenvalue weighted by atomic mass is 10.3. The van der Waals surface area contributed by atoms with Gasteiger partial charge >= 0.3 is 0 Å². The number of rotatable bonds is 13. The van der Waals surface area contributed by atoms with Crippen LogP contribution in [-0.2, 0) is 9.47 Å². The Hall–Kier alpha value is -1.93. The molecule has 0 aromatic heterocycles. The van der Waals surface area contributed by atoms with Gasteiger partial charge in [0, 0.05) is 26.3 Å². The summed E-state index contributed by atoms with van der Waals surface area (Å²) in [6.45, 7) is 5.84. The van der Waals surface area contributed by atoms with Crippen molar-refractivity contribution in [1.82, 2.24) is 10.6 Å². The Morgan fingerprint density at radius 2 is 1.69 bits per heavy atom. The lowest BCUT2D eigenvalue weighted by Gasteiger charge is -2.13. The summed E-state index contributed by atoms with van der Waals surface area (Å²) in [5.74, 6) is -0.739. The van der Waals surface area contributed by atoms with Crippen molar-refractivity contribution in [3.8, 4) is 5.75 Å². The standard InChI is InChI=1S/C18H29F2N3O3/c1-3-4-9-24-12-13-25-10-7-22-18(21-2)23-8-11-26-17-6-5-15(19)14-16(17)20/h5-6,14H,3-4,7-13H2,1-2H3,(H2,21,22,23). The van der Waals surface area contributed by atoms with Crippen molar-refractivity contribution in [3.05, 3.63) is 29.8 Å². The number of nitrogens with zero attached hydrogens (tertiary/aromatic N) is 1. The van der Waals surface area contributed by atoms with Crippen molar-refractivity contribution in [2.24, 2.45) is 4.99 Å². The van der Waals surface area contributed by atoms with Crippen LogP contribution in [0.25, 0.3) is 0 Å². The zero-order valence-electron chi connectivity index (χ0n) is 15.5. The fourth-order valence-corrected chi connectivity index (χ4v) is 1.95. The van der Waals surface area contributed by atoms with Crippen LogP contribution in [0.1, 0.15) is 19.8 Å². The van der Waals surface area contributed by atoms with E-state index >= 15 is 0 Å². The minimum atomic E-state index is -0.719. The van der Waals surface area contributed by atoms with Gasteiger partial charge in [0.25, 0.3) is 0 Å². The van der Waals surface area contributed by atoms with Gasteiger partial charge in [-0.05, 0) is 18.6 Å². The molecule has 0 radical (unpaired) electrons. The third kappa shape index (κ3) is 10.1. The first kappa shape index (κ1) is 22.1. The number of unbranched alkanes of at least 4 members (excludes halogenated alkanes) is 1. The van der Waals surface area contributed by atoms with E-state index in [-0.39, 0.29) is 12.4 Å². The Morgan fingerprint density at radius 1 is 1.00 bits per heavy atom. The van der Waals surface area contributed by atoms with Crippen LogP contribution in [0, 0.1) is 11.6 Å². The van der Waals surface area contributed by atoms with Crippen LogP contribution >= 0.6 is 0 Å². The van der Waals surface area contributed by atoms with Gasteiger partial charge < -0.3 is 24.8 Å². The number of hydrogen-bond donors (Lipinski definition) is 2. The van der Waals surface area contributed by atoms with E-state index in [4.69, 9.17) is 14.2 Å². The molecule has 1 aromatic carbocycles. The third-order valence-electron chi connectivity index (χ3n) is 3.32. The monoisotopic (exact) mass is 373 g/mol. The minimum Gasteiger partial charge on any atom is -0.489 e. The second-order valence-electron chi connectivity index (χ2n) is 5.43. The van der Waals surface area contributed by atoms with Crippen molar-refractivity contribution >= 4 is 5.96 Å². The summed E-state index contributed by atoms with van der Waals surface area (Å²) in [4.78, 5) is 4.06. The Balaban J connectivity index is 2.05. The number of ether oxygens (including phenoxy) is 3. The first-order valence-corrected chi connectivity index (χ1v) is 8.85. The molecule has 1 rings (SSSR count). The van der Waals surface area contributed by atoms with Crippen molar-refractivity contribution in [2.45, 2.75) is 19.8 Å². The molecule has 0 spiro atoms. The maximum atomic E-state index is 13.4. The van der Waals surface area contributed by atoms with Crippen LogP contribution in [0.2, 0.25) is 0 Å². The van der Waals surface area contributed by atoms with Gasteiger partial charge in [0.1, 0.15) is 12.4 Å². The average molecular weight is 373 g/mol. The van der Waals surface area contributed by atoms with Gasteiger partial charge in [0.2, 0.25) is 0 Å². The van der Waals surface area contributed by atoms with E-state index in [0.717, 1.165) is 31.6 Å². The first-order chi connectivity index (χ1) is 12.7. The number of nitrogens with one attached hydrogen (secondary N) is 2. The van der Waals surface area contributed by atoms with Gasteiger partial charge in [-0.1, -0.05) is 13.3 Å². The molecule has 0 saturated heterocycles. The van der Waals surface area contributed by atoms with Crippen molar-refractivity contribution < 1.29 is 23.0 Å². The number of hydrogen-bond acceptors (Lipinski definition) is 4. The summed E-state index contributed by atoms with van der Waals surface area (Å²) in [6, 6.07) is 3.21. The molecule has 0 aliphatic heterocycles. The quantitative estimate of drug-likeness (QED) is 0.316. The SMILES string of the molecule is CCCCOCCOCCNC(=NC)NCCOc1ccc(F)cc1F. The molecule has 0 saturated carbocycles. The summed E-state index contributed by atoms with van der Waals surface area (Å²) < 4.78 is 42.3. The predicted molar refractivity (Wildman–Crippen MR) is 97.8 cm³/mol. The Kier molecular flexibility index (Phi) is 12.1. The molecule has 0 heterocycles. The summed E-state index contributed by atoms with van der Waals surface area (Å²) in [5, 5.41) is 6.12. The van der Waals surface area contributed by atoms with E-state index in [0.29, 0.717) is 38.9 Å². The smallest absolute Gasteiger partial charge is 0.191 e. The van der Waals surface area contributed by atoms with E-state index in [2.05, 4.69) is 22.5 Å². The number of aliphatic imine (C=N–C) groups is 1. The Labute approximate surface area is 153 Å². The second-order valence-corrected chi connectivity index (χ2v) is 5.43. The van der Waals surface area contributed by atoms with Gasteiger partial charge in [0.15, 0.2) is 17.5 Å². The molecular weight excluding hydrogens is 344 g/mol. The van der Waals surface area contributed by atoms with E-state index in [1.165, 1.54) is 6.07 Å². The predicted octanol–water partition coefficient (Wildman–Crippen LogP) is 2.34. The fourth-order valence-electron chi connectivity index (χ4n) is 1.95. The van der Waals surface area contributed by atoms with Gasteiger partial charge in [-0.3, -0.25) is 4.99 Å². The first-order valence-electron chi connectivity index (χ1n) is 8.85. The highest BCUT2D eigenvalue weighted by Gasteiger charge is 2.04. The normalized spacial score (nSPS) is 11.5. The molecule has 26 heavy (non-hydrogen) atoms. The third-order valence-corrected chi connectivity index (χ3v) is 3.32. The van der Waals surface area contributed by atoms with Crippen LogP contribution in [0.5, 0.6) is 5.75 Å². The molecule has 0 unspecified atom stereocenters. The Morgan fingerprint density at radius 3 is 2.35 bits per heavy atom. The molecule has 0 fully saturated rings. The van der Waals surface area contributed by atoms with Crippen molar-refractivity contribution in [1.29, 1.82) is 0 Å². The second kappa shape index (κ2) is 14.3. The summed E-state index contributed by atoms with van der Waals surface area (Å²) >= 11 is 0. The van der Waals surface area contributed by atoms with Crippen molar-refractivity contribution in [3.63, 3.8) is 0 Å². The summed E-state index contributed by atoms with van der Waals surface area (Å²) in [5.41, 5.74) is 0. The molecule has 1 aromatic rings. The topological polar surface area (TPSA) is 64.1 Å². The lowest BCUT2D eigenvalue weighted by Crippen LogP contribution is -2.40. The molecule has 0 amide bonds. The van der Waals surface area contributed by atoms with Gasteiger partial charge in [-0.2, -0.15) is 0 Å². The molecule has 2 N–H and O–H groups in total. The van der Waals surface area contributed by atoms with E-state index in [1.54, 1.807) is 7.05 Å². The average Bonchev–Trinajstić information content (AvgIpc) is 2.63. The highest BCUT2D eigenvalue weighted by atomic mass is 19.1. The number of guanidine groups is 1. The van der Waals surface area contributed by atoms with Crippen LogP contribution in [0.3, 0.4) is 0 Å². The molecule has 6 nitrogen and oxygen atoms in total. The molecule has 0 bridgehead atoms. The zero-order valence-corrected chi connectivity index (χ0v) is 15.5. The fraction of sp³-hybridized carbons (Fsp3) is 0.611. The maximum Gasteiger partial charge on any atom is 0.191 e. The van der Waals surface area contributed by atoms with E-state index in [1.807, 2.05) is 0 Å². The lowest BCUT2D eigenvalue weighted by molar-refractivity contribution is 0.0487. The highest BCUT2D eigenvalue weighted by molar-refractivity contribution is 5.79. The van der Waals surface area contributed by atoms with E-state index < -0.39 is 11.6 Å². The molecular formula is C18H29F2N3O3. The maximum absolute atomic E-state index is 13.4. The van der Waals surface area contributed by atoms with Gasteiger partial charge in [0.05, 0.1) is 26.4 Å². The summed E-state index contributed by atoms with van der Waals surface area (Å²) in [6.07, 6.45) is 2.20. The molecule has 0 aliphatic carbocycles. The summed E-state index contributed by atoms with van der Waals surface area (Å²) in [7, 11) is 1.65. The van der Waals surface area contributed by atoms with E-state index in [9.17, 15) is 8.78 Å². The largest absolute Gasteiger partial charge is 0.489 e. The van der Waals surface area contributed by atoms with Crippen LogP contribution in [-0.4, -0.2) is 59.1 Å². The number of benzene rings is 1. The molecule has 8 heteroatoms. The van der Waals surface area contributed by atoms with Gasteiger partial charge in [-0.15, -0.1) is 0 Å². The molecule has 148 valence electrons. The van der Waals surface area contributed by atoms with Crippen LogP contribution in [0.4, 0.5) is 8.78 Å². The Bertz CT molecular complexity index is 530. The number of halogens is 2. The van der Waals surface area contributed by atoms with Crippen LogP contribution < -0.4 is 15.4 Å². The molecule has 0 atom stereocenters. The highest BCUT2D eigenvalue weighted by Crippen LogP contribution is 2.17. The van der Waals surface area contributed by atoms with Crippen molar-refractivity contribution in [2.75, 3.05) is 53.2 Å². The minimum absolute atomic E-state index is 0.0192. The van der Waals surface area contributed by atoms with Crippen LogP contribution in [0.15, 0.2) is 23.2 Å². The molecule has 0 aliphatic rings. The zero-order chi connectivity index (χ0) is 19.0. The van der Waals surface area contributed by atoms with Gasteiger partial charge in [-0.25, -0.2) is 8.78 Å².